The molecule has 2 aromatic heterocycles. The monoisotopic (exact) mass is 429 g/mol. The van der Waals surface area contributed by atoms with Crippen LogP contribution in [-0.2, 0) is 6.54 Å². The summed E-state index contributed by atoms with van der Waals surface area (Å²) in [6.07, 6.45) is 5.36. The molecule has 0 bridgehead atoms. The Morgan fingerprint density at radius 2 is 2.03 bits per heavy atom. The van der Waals surface area contributed by atoms with Crippen molar-refractivity contribution >= 4 is 34.1 Å². The van der Waals surface area contributed by atoms with E-state index in [2.05, 4.69) is 20.7 Å². The number of aromatic nitrogens is 3. The van der Waals surface area contributed by atoms with Crippen LogP contribution in [0.25, 0.3) is 10.9 Å². The summed E-state index contributed by atoms with van der Waals surface area (Å²) in [6, 6.07) is 6.21. The van der Waals surface area contributed by atoms with Gasteiger partial charge in [0.1, 0.15) is 12.5 Å². The van der Waals surface area contributed by atoms with Gasteiger partial charge >= 0.3 is 0 Å². The van der Waals surface area contributed by atoms with Crippen LogP contribution in [-0.4, -0.2) is 39.4 Å². The highest BCUT2D eigenvalue weighted by molar-refractivity contribution is 5.99. The number of rotatable bonds is 7. The van der Waals surface area contributed by atoms with Crippen LogP contribution in [0.2, 0.25) is 0 Å². The van der Waals surface area contributed by atoms with Crippen LogP contribution < -0.4 is 22.1 Å². The number of carbonyl (C=O) groups excluding carboxylic acids is 1. The number of anilines is 3. The smallest absolute Gasteiger partial charge is 0.252 e. The summed E-state index contributed by atoms with van der Waals surface area (Å²) in [6.45, 7) is -0.349. The molecular formula is C21H25F2N7O. The first-order valence-corrected chi connectivity index (χ1v) is 10.3. The zero-order valence-electron chi connectivity index (χ0n) is 16.9. The third-order valence-electron chi connectivity index (χ3n) is 5.58. The molecule has 1 aromatic carbocycles. The highest BCUT2D eigenvalue weighted by Crippen LogP contribution is 2.28. The SMILES string of the molecule is NC(=O)c1cc(F)c(NC2CCCCC2N)nc1Nc1ccc2c(cnn2CCF)c1. The zero-order valence-corrected chi connectivity index (χ0v) is 16.9. The standard InChI is InChI=1S/C21H25F2N7O/c22-7-8-30-18-6-5-13(9-12(18)11-26-30)27-20-14(19(25)31)10-15(23)21(29-20)28-17-4-2-1-3-16(17)24/h5-6,9-11,16-17H,1-4,7-8,24H2,(H2,25,31)(H2,27,28,29). The Bertz CT molecular complexity index is 1100. The third kappa shape index (κ3) is 4.43. The van der Waals surface area contributed by atoms with Crippen molar-refractivity contribution in [1.82, 2.24) is 14.8 Å². The molecule has 0 aliphatic heterocycles. The second kappa shape index (κ2) is 8.84. The van der Waals surface area contributed by atoms with Crippen LogP contribution >= 0.6 is 0 Å². The molecule has 3 aromatic rings. The Morgan fingerprint density at radius 3 is 2.77 bits per heavy atom. The van der Waals surface area contributed by atoms with E-state index >= 15 is 0 Å². The summed E-state index contributed by atoms with van der Waals surface area (Å²) in [5, 5.41) is 11.1. The number of primary amides is 1. The minimum Gasteiger partial charge on any atom is -0.365 e. The molecule has 10 heteroatoms. The van der Waals surface area contributed by atoms with Gasteiger partial charge in [0.05, 0.1) is 23.8 Å². The lowest BCUT2D eigenvalue weighted by Crippen LogP contribution is -2.43. The van der Waals surface area contributed by atoms with Crippen molar-refractivity contribution in [2.24, 2.45) is 11.5 Å². The maximum absolute atomic E-state index is 14.7. The number of carbonyl (C=O) groups is 1. The molecule has 2 unspecified atom stereocenters. The van der Waals surface area contributed by atoms with Crippen LogP contribution in [0.1, 0.15) is 36.0 Å². The van der Waals surface area contributed by atoms with Gasteiger partial charge < -0.3 is 22.1 Å². The number of hydrogen-bond donors (Lipinski definition) is 4. The van der Waals surface area contributed by atoms with Crippen molar-refractivity contribution < 1.29 is 13.6 Å². The molecule has 1 amide bonds. The number of halogens is 2. The molecule has 6 N–H and O–H groups in total. The second-order valence-corrected chi connectivity index (χ2v) is 7.73. The van der Waals surface area contributed by atoms with Crippen LogP contribution in [0.3, 0.4) is 0 Å². The van der Waals surface area contributed by atoms with Gasteiger partial charge in [0.15, 0.2) is 11.6 Å². The lowest BCUT2D eigenvalue weighted by Gasteiger charge is -2.30. The molecule has 0 saturated heterocycles. The lowest BCUT2D eigenvalue weighted by molar-refractivity contribution is 0.100. The predicted molar refractivity (Wildman–Crippen MR) is 116 cm³/mol. The van der Waals surface area contributed by atoms with Crippen LogP contribution in [0.4, 0.5) is 26.1 Å². The average Bonchev–Trinajstić information content (AvgIpc) is 3.14. The first-order chi connectivity index (χ1) is 15.0. The van der Waals surface area contributed by atoms with Crippen molar-refractivity contribution in [1.29, 1.82) is 0 Å². The maximum atomic E-state index is 14.7. The highest BCUT2D eigenvalue weighted by atomic mass is 19.1. The molecule has 2 atom stereocenters. The molecule has 31 heavy (non-hydrogen) atoms. The molecule has 4 rings (SSSR count). The van der Waals surface area contributed by atoms with Gasteiger partial charge in [-0.05, 0) is 37.1 Å². The summed E-state index contributed by atoms with van der Waals surface area (Å²) in [7, 11) is 0. The maximum Gasteiger partial charge on any atom is 0.252 e. The number of nitrogens with one attached hydrogen (secondary N) is 2. The summed E-state index contributed by atoms with van der Waals surface area (Å²) >= 11 is 0. The van der Waals surface area contributed by atoms with Crippen molar-refractivity contribution in [3.05, 3.63) is 41.8 Å². The Labute approximate surface area is 178 Å². The summed E-state index contributed by atoms with van der Waals surface area (Å²) < 4.78 is 28.9. The van der Waals surface area contributed by atoms with Crippen molar-refractivity contribution in [2.75, 3.05) is 17.3 Å². The van der Waals surface area contributed by atoms with Crippen LogP contribution in [0.5, 0.6) is 0 Å². The molecular weight excluding hydrogens is 404 g/mol. The number of benzene rings is 1. The van der Waals surface area contributed by atoms with Gasteiger partial charge in [0.25, 0.3) is 5.91 Å². The van der Waals surface area contributed by atoms with Crippen LogP contribution in [0.15, 0.2) is 30.5 Å². The fourth-order valence-corrected chi connectivity index (χ4v) is 3.95. The van der Waals surface area contributed by atoms with E-state index in [0.717, 1.165) is 42.7 Å². The summed E-state index contributed by atoms with van der Waals surface area (Å²) in [4.78, 5) is 16.2. The van der Waals surface area contributed by atoms with Gasteiger partial charge in [-0.2, -0.15) is 5.10 Å². The fraction of sp³-hybridized carbons (Fsp3) is 0.381. The average molecular weight is 429 g/mol. The van der Waals surface area contributed by atoms with Crippen molar-refractivity contribution in [3.63, 3.8) is 0 Å². The minimum atomic E-state index is -0.799. The van der Waals surface area contributed by atoms with E-state index in [1.165, 1.54) is 0 Å². The minimum absolute atomic E-state index is 0.0201. The number of hydrogen-bond acceptors (Lipinski definition) is 6. The molecule has 1 saturated carbocycles. The van der Waals surface area contributed by atoms with Crippen molar-refractivity contribution in [3.8, 4) is 0 Å². The molecule has 1 fully saturated rings. The number of alkyl halides is 1. The Hall–Kier alpha value is -3.27. The fourth-order valence-electron chi connectivity index (χ4n) is 3.95. The number of aryl methyl sites for hydroxylation is 1. The molecule has 1 aliphatic rings. The van der Waals surface area contributed by atoms with Gasteiger partial charge in [-0.1, -0.05) is 12.8 Å². The Morgan fingerprint density at radius 1 is 1.23 bits per heavy atom. The highest BCUT2D eigenvalue weighted by Gasteiger charge is 2.24. The van der Waals surface area contributed by atoms with Gasteiger partial charge in [-0.3, -0.25) is 9.48 Å². The first-order valence-electron chi connectivity index (χ1n) is 10.3. The number of amides is 1. The van der Waals surface area contributed by atoms with Crippen molar-refractivity contribution in [2.45, 2.75) is 44.3 Å². The first kappa shape index (κ1) is 21.0. The summed E-state index contributed by atoms with van der Waals surface area (Å²) in [5.41, 5.74) is 12.9. The van der Waals surface area contributed by atoms with E-state index in [4.69, 9.17) is 11.5 Å². The topological polar surface area (TPSA) is 124 Å². The number of fused-ring (bicyclic) bond motifs is 1. The van der Waals surface area contributed by atoms with Gasteiger partial charge in [0.2, 0.25) is 0 Å². The molecule has 2 heterocycles. The third-order valence-corrected chi connectivity index (χ3v) is 5.58. The van der Waals surface area contributed by atoms with Gasteiger partial charge in [-0.15, -0.1) is 0 Å². The zero-order chi connectivity index (χ0) is 22.0. The van der Waals surface area contributed by atoms with E-state index in [1.54, 1.807) is 29.1 Å². The predicted octanol–water partition coefficient (Wildman–Crippen LogP) is 3.06. The molecule has 0 radical (unpaired) electrons. The van der Waals surface area contributed by atoms with E-state index < -0.39 is 18.4 Å². The Kier molecular flexibility index (Phi) is 5.99. The summed E-state index contributed by atoms with van der Waals surface area (Å²) in [5.74, 6) is -1.31. The van der Waals surface area contributed by atoms with Gasteiger partial charge in [0, 0.05) is 23.2 Å². The molecule has 8 nitrogen and oxygen atoms in total. The van der Waals surface area contributed by atoms with E-state index in [-0.39, 0.29) is 35.8 Å². The van der Waals surface area contributed by atoms with Gasteiger partial charge in [-0.25, -0.2) is 13.8 Å². The quantitative estimate of drug-likeness (QED) is 0.458. The number of nitrogens with two attached hydrogens (primary N) is 2. The molecule has 164 valence electrons. The number of pyridine rings is 1. The largest absolute Gasteiger partial charge is 0.365 e. The Balaban J connectivity index is 1.64. The van der Waals surface area contributed by atoms with E-state index in [1.807, 2.05) is 0 Å². The van der Waals surface area contributed by atoms with E-state index in [9.17, 15) is 13.6 Å². The number of nitrogens with zero attached hydrogens (tertiary/aromatic N) is 3. The van der Waals surface area contributed by atoms with Crippen LogP contribution in [0, 0.1) is 5.82 Å². The molecule has 1 aliphatic carbocycles. The normalized spacial score (nSPS) is 18.8. The molecule has 0 spiro atoms. The second-order valence-electron chi connectivity index (χ2n) is 7.73. The lowest BCUT2D eigenvalue weighted by atomic mass is 9.91. The van der Waals surface area contributed by atoms with E-state index in [0.29, 0.717) is 5.69 Å².